The van der Waals surface area contributed by atoms with Crippen molar-refractivity contribution in [3.63, 3.8) is 0 Å². The summed E-state index contributed by atoms with van der Waals surface area (Å²) in [6.45, 7) is 7.83. The molecular formula is C47H68N6O18. The number of phenolic OH excluding ortho intramolecular Hbond substituents is 2. The first-order valence-corrected chi connectivity index (χ1v) is 23.1. The van der Waals surface area contributed by atoms with E-state index >= 15 is 0 Å². The number of primary amides is 1. The maximum atomic E-state index is 13.4. The number of nitrogens with zero attached hydrogens (tertiary/aromatic N) is 1. The first kappa shape index (κ1) is 59.2. The second kappa shape index (κ2) is 29.9. The predicted octanol–water partition coefficient (Wildman–Crippen LogP) is -1.91. The Morgan fingerprint density at radius 3 is 1.97 bits per heavy atom. The van der Waals surface area contributed by atoms with Gasteiger partial charge in [0.1, 0.15) is 35.2 Å². The molecule has 4 amide bonds. The third-order valence-corrected chi connectivity index (χ3v) is 11.7. The number of carboxylic acid groups (broad SMARTS) is 1. The number of piperidine rings is 1. The molecule has 3 aliphatic rings. The number of aldehydes is 1. The summed E-state index contributed by atoms with van der Waals surface area (Å²) in [5, 5.41) is 56.7. The number of hydrogen-bond donors (Lipinski definition) is 10. The summed E-state index contributed by atoms with van der Waals surface area (Å²) in [6, 6.07) is 2.17. The van der Waals surface area contributed by atoms with E-state index in [9.17, 15) is 53.7 Å². The lowest BCUT2D eigenvalue weighted by Crippen LogP contribution is -2.53. The van der Waals surface area contributed by atoms with Crippen LogP contribution in [0.15, 0.2) is 18.2 Å². The molecule has 5 rings (SSSR count). The SMILES string of the molecule is CO.COc1cccc2c1C(=O)c1c(O)c3c(c(O)c1C2=O)C[C@@](O)(C(=O)NCCNC(=O)[C@H](C)NC(=O)C(N)CC(N)=O)CC3.O=CCCOCCOCCOCCOCCN1CCC(C(=O)O)CC1. The molecule has 1 saturated heterocycles. The molecule has 1 heterocycles. The maximum absolute atomic E-state index is 13.4. The maximum Gasteiger partial charge on any atom is 0.306 e. The molecule has 0 spiro atoms. The summed E-state index contributed by atoms with van der Waals surface area (Å²) in [5.74, 6) is -6.22. The highest BCUT2D eigenvalue weighted by Gasteiger charge is 2.45. The fraction of sp³-hybridized carbons (Fsp3) is 0.574. The van der Waals surface area contributed by atoms with E-state index < -0.39 is 88.8 Å². The van der Waals surface area contributed by atoms with Crippen LogP contribution in [0.5, 0.6) is 17.2 Å². The number of hydrogen-bond acceptors (Lipinski definition) is 19. The number of amides is 4. The number of carboxylic acids is 1. The number of benzene rings is 2. The van der Waals surface area contributed by atoms with Gasteiger partial charge >= 0.3 is 5.97 Å². The number of fused-ring (bicyclic) bond motifs is 3. The van der Waals surface area contributed by atoms with Crippen molar-refractivity contribution in [2.24, 2.45) is 17.4 Å². The van der Waals surface area contributed by atoms with Gasteiger partial charge < -0.3 is 86.3 Å². The normalized spacial score (nSPS) is 17.0. The zero-order valence-corrected chi connectivity index (χ0v) is 40.3. The van der Waals surface area contributed by atoms with Gasteiger partial charge in [-0.25, -0.2) is 0 Å². The molecule has 3 atom stereocenters. The van der Waals surface area contributed by atoms with Crippen molar-refractivity contribution in [2.45, 2.75) is 69.6 Å². The molecule has 24 nitrogen and oxygen atoms in total. The van der Waals surface area contributed by atoms with Gasteiger partial charge in [-0.1, -0.05) is 12.1 Å². The summed E-state index contributed by atoms with van der Waals surface area (Å²) in [6.07, 6.45) is 1.56. The number of ether oxygens (including phenoxy) is 5. The van der Waals surface area contributed by atoms with Gasteiger partial charge in [0.05, 0.1) is 95.0 Å². The predicted molar refractivity (Wildman–Crippen MR) is 251 cm³/mol. The fourth-order valence-electron chi connectivity index (χ4n) is 7.88. The number of nitrogens with one attached hydrogen (secondary N) is 3. The molecule has 0 saturated carbocycles. The fourth-order valence-corrected chi connectivity index (χ4v) is 7.88. The number of carbonyl (C=O) groups excluding carboxylic acids is 7. The van der Waals surface area contributed by atoms with Gasteiger partial charge in [-0.3, -0.25) is 33.6 Å². The molecule has 2 aromatic carbocycles. The highest BCUT2D eigenvalue weighted by atomic mass is 16.6. The van der Waals surface area contributed by atoms with Gasteiger partial charge in [-0.15, -0.1) is 0 Å². The van der Waals surface area contributed by atoms with Crippen molar-refractivity contribution < 1.29 is 87.6 Å². The molecule has 2 aromatic rings. The lowest BCUT2D eigenvalue weighted by atomic mass is 9.74. The number of methoxy groups -OCH3 is 1. The lowest BCUT2D eigenvalue weighted by Gasteiger charge is -2.34. The van der Waals surface area contributed by atoms with Crippen molar-refractivity contribution in [3.8, 4) is 17.2 Å². The van der Waals surface area contributed by atoms with E-state index in [1.54, 1.807) is 0 Å². The molecule has 1 fully saturated rings. The van der Waals surface area contributed by atoms with Crippen LogP contribution >= 0.6 is 0 Å². The van der Waals surface area contributed by atoms with E-state index in [4.69, 9.17) is 45.4 Å². The summed E-state index contributed by atoms with van der Waals surface area (Å²) in [4.78, 5) is 98.1. The van der Waals surface area contributed by atoms with Crippen LogP contribution in [-0.2, 0) is 60.6 Å². The van der Waals surface area contributed by atoms with Crippen LogP contribution in [0.2, 0.25) is 0 Å². The van der Waals surface area contributed by atoms with E-state index in [0.29, 0.717) is 59.3 Å². The number of aliphatic carboxylic acids is 1. The van der Waals surface area contributed by atoms with Gasteiger partial charge in [0.2, 0.25) is 23.5 Å². The van der Waals surface area contributed by atoms with Crippen LogP contribution in [0.1, 0.15) is 82.0 Å². The molecule has 1 aliphatic heterocycles. The topological polar surface area (TPSA) is 375 Å². The van der Waals surface area contributed by atoms with Crippen molar-refractivity contribution in [1.82, 2.24) is 20.9 Å². The highest BCUT2D eigenvalue weighted by molar-refractivity contribution is 6.31. The van der Waals surface area contributed by atoms with Crippen LogP contribution in [0, 0.1) is 5.92 Å². The van der Waals surface area contributed by atoms with E-state index in [1.807, 2.05) is 0 Å². The third kappa shape index (κ3) is 17.0. The minimum Gasteiger partial charge on any atom is -0.507 e. The van der Waals surface area contributed by atoms with E-state index in [0.717, 1.165) is 45.9 Å². The molecule has 0 bridgehead atoms. The molecule has 24 heteroatoms. The smallest absolute Gasteiger partial charge is 0.306 e. The zero-order valence-electron chi connectivity index (χ0n) is 40.3. The van der Waals surface area contributed by atoms with Crippen molar-refractivity contribution in [2.75, 3.05) is 99.8 Å². The first-order valence-electron chi connectivity index (χ1n) is 23.1. The number of aliphatic hydroxyl groups is 2. The summed E-state index contributed by atoms with van der Waals surface area (Å²) >= 11 is 0. The van der Waals surface area contributed by atoms with Gasteiger partial charge in [-0.2, -0.15) is 0 Å². The Hall–Kier alpha value is -6.12. The van der Waals surface area contributed by atoms with Gasteiger partial charge in [-0.05, 0) is 51.8 Å². The Balaban J connectivity index is 0.000000420. The number of ketones is 2. The van der Waals surface area contributed by atoms with Crippen LogP contribution in [0.3, 0.4) is 0 Å². The summed E-state index contributed by atoms with van der Waals surface area (Å²) in [5.41, 5.74) is 7.76. The van der Waals surface area contributed by atoms with Crippen molar-refractivity contribution in [3.05, 3.63) is 51.6 Å². The Morgan fingerprint density at radius 2 is 1.39 bits per heavy atom. The molecule has 394 valence electrons. The molecule has 0 radical (unpaired) electrons. The molecule has 12 N–H and O–H groups in total. The Labute approximate surface area is 410 Å². The number of aromatic hydroxyl groups is 2. The third-order valence-electron chi connectivity index (χ3n) is 11.7. The summed E-state index contributed by atoms with van der Waals surface area (Å²) < 4.78 is 26.6. The number of likely N-dealkylation sites (tertiary alicyclic amines) is 1. The standard InChI is InChI=1S/C29H33N5O10.C17H31NO7.CH4O/c1-12(34-27(41)16(30)10-18(31)35)26(40)32-8-9-33-28(42)29(43)7-6-13-15(11-29)24(38)20-21(22(13)36)25(39)19-14(23(20)37)4-3-5-17(19)44-2;19-7-1-8-22-10-12-24-14-15-25-13-11-23-9-6-18-4-2-16(3-5-18)17(20)21;1-2/h3-5,12,16,36,38,43H,6-11,30H2,1-2H3,(H2,31,35)(H,32,40)(H,33,42)(H,34,41);7,16H,1-6,8-15H2,(H,20,21);2H,1H3/t12-,16?,29+;;/m0../s1. The van der Waals surface area contributed by atoms with Gasteiger partial charge in [0.25, 0.3) is 5.91 Å². The Kier molecular flexibility index (Phi) is 24.9. The van der Waals surface area contributed by atoms with E-state index in [1.165, 1.54) is 32.2 Å². The lowest BCUT2D eigenvalue weighted by molar-refractivity contribution is -0.143. The molecule has 0 aromatic heterocycles. The number of phenols is 2. The van der Waals surface area contributed by atoms with Crippen molar-refractivity contribution in [1.29, 1.82) is 0 Å². The number of nitrogens with two attached hydrogens (primary N) is 2. The highest BCUT2D eigenvalue weighted by Crippen LogP contribution is 2.48. The molecule has 2 aliphatic carbocycles. The van der Waals surface area contributed by atoms with Crippen LogP contribution in [0.25, 0.3) is 0 Å². The zero-order chi connectivity index (χ0) is 52.7. The average molecular weight is 1010 g/mol. The number of rotatable bonds is 26. The average Bonchev–Trinajstić information content (AvgIpc) is 3.35. The van der Waals surface area contributed by atoms with Gasteiger partial charge in [0, 0.05) is 56.3 Å². The molecular weight excluding hydrogens is 937 g/mol. The molecule has 1 unspecified atom stereocenters. The minimum atomic E-state index is -2.05. The Bertz CT molecular complexity index is 2170. The van der Waals surface area contributed by atoms with Gasteiger partial charge in [0.15, 0.2) is 5.78 Å². The second-order valence-corrected chi connectivity index (χ2v) is 16.6. The Morgan fingerprint density at radius 1 is 0.831 bits per heavy atom. The van der Waals surface area contributed by atoms with Crippen LogP contribution in [-0.4, -0.2) is 195 Å². The minimum absolute atomic E-state index is 0.0234. The summed E-state index contributed by atoms with van der Waals surface area (Å²) in [7, 11) is 2.33. The monoisotopic (exact) mass is 1000 g/mol. The largest absolute Gasteiger partial charge is 0.507 e. The number of carbonyl (C=O) groups is 8. The van der Waals surface area contributed by atoms with Crippen molar-refractivity contribution >= 4 is 47.5 Å². The molecule has 71 heavy (non-hydrogen) atoms. The first-order chi connectivity index (χ1) is 33.9. The van der Waals surface area contributed by atoms with Crippen LogP contribution in [0.4, 0.5) is 0 Å². The number of aliphatic hydroxyl groups excluding tert-OH is 1. The van der Waals surface area contributed by atoms with E-state index in [2.05, 4.69) is 20.9 Å². The quantitative estimate of drug-likeness (QED) is 0.0238. The second-order valence-electron chi connectivity index (χ2n) is 16.6. The van der Waals surface area contributed by atoms with Crippen LogP contribution < -0.4 is 32.2 Å². The van der Waals surface area contributed by atoms with E-state index in [-0.39, 0.29) is 65.4 Å².